The highest BCUT2D eigenvalue weighted by molar-refractivity contribution is 5.75. The quantitative estimate of drug-likeness (QED) is 0.345. The van der Waals surface area contributed by atoms with Gasteiger partial charge in [0.25, 0.3) is 0 Å². The third-order valence-corrected chi connectivity index (χ3v) is 7.68. The van der Waals surface area contributed by atoms with Gasteiger partial charge in [-0.05, 0) is 38.7 Å². The predicted octanol–water partition coefficient (Wildman–Crippen LogP) is 3.67. The normalized spacial score (nSPS) is 39.5. The number of carbonyl (C=O) groups excluding carboxylic acids is 4. The molecule has 0 N–H and O–H groups in total. The summed E-state index contributed by atoms with van der Waals surface area (Å²) in [4.78, 5) is 49.3. The van der Waals surface area contributed by atoms with Gasteiger partial charge in [0.05, 0.1) is 17.3 Å². The van der Waals surface area contributed by atoms with Crippen molar-refractivity contribution in [3.63, 3.8) is 0 Å². The number of fused-ring (bicyclic) bond motifs is 2. The van der Waals surface area contributed by atoms with E-state index in [-0.39, 0.29) is 5.97 Å². The first-order valence-electron chi connectivity index (χ1n) is 11.9. The van der Waals surface area contributed by atoms with E-state index in [1.165, 1.54) is 20.8 Å². The fourth-order valence-electron chi connectivity index (χ4n) is 6.16. The van der Waals surface area contributed by atoms with Crippen LogP contribution in [0, 0.1) is 23.2 Å². The lowest BCUT2D eigenvalue weighted by Crippen LogP contribution is -2.60. The summed E-state index contributed by atoms with van der Waals surface area (Å²) >= 11 is 0. The fraction of sp³-hybridized carbons (Fsp3) is 0.692. The molecule has 3 aliphatic rings. The largest absolute Gasteiger partial charge is 0.462 e. The minimum absolute atomic E-state index is 0.355. The summed E-state index contributed by atoms with van der Waals surface area (Å²) in [6, 6.07) is 0. The highest BCUT2D eigenvalue weighted by Gasteiger charge is 2.61. The Morgan fingerprint density at radius 2 is 1.53 bits per heavy atom. The van der Waals surface area contributed by atoms with Gasteiger partial charge in [0.2, 0.25) is 0 Å². The summed E-state index contributed by atoms with van der Waals surface area (Å²) < 4.78 is 23.4. The zero-order chi connectivity index (χ0) is 25.4. The Bertz CT molecular complexity index is 904. The zero-order valence-corrected chi connectivity index (χ0v) is 20.9. The lowest BCUT2D eigenvalue weighted by molar-refractivity contribution is -0.198. The van der Waals surface area contributed by atoms with Crippen molar-refractivity contribution >= 4 is 23.9 Å². The van der Waals surface area contributed by atoms with E-state index in [4.69, 9.17) is 18.9 Å². The van der Waals surface area contributed by atoms with Crippen molar-refractivity contribution in [3.8, 4) is 0 Å². The second-order valence-electron chi connectivity index (χ2n) is 10.1. The van der Waals surface area contributed by atoms with Gasteiger partial charge in [-0.3, -0.25) is 19.2 Å². The molecule has 1 aliphatic heterocycles. The Kier molecular flexibility index (Phi) is 7.58. The molecular weight excluding hydrogens is 440 g/mol. The molecule has 2 aliphatic carbocycles. The third kappa shape index (κ3) is 4.91. The minimum atomic E-state index is -0.944. The van der Waals surface area contributed by atoms with Crippen molar-refractivity contribution in [1.82, 2.24) is 0 Å². The number of rotatable bonds is 3. The molecule has 2 fully saturated rings. The average molecular weight is 477 g/mol. The first kappa shape index (κ1) is 26.0. The van der Waals surface area contributed by atoms with Crippen LogP contribution >= 0.6 is 0 Å². The Balaban J connectivity index is 2.26. The van der Waals surface area contributed by atoms with Crippen molar-refractivity contribution in [2.24, 2.45) is 23.2 Å². The maximum Gasteiger partial charge on any atom is 0.309 e. The van der Waals surface area contributed by atoms with Crippen LogP contribution in [0.4, 0.5) is 0 Å². The number of hydrogen-bond acceptors (Lipinski definition) is 8. The summed E-state index contributed by atoms with van der Waals surface area (Å²) in [5.74, 6) is -3.28. The van der Waals surface area contributed by atoms with E-state index in [1.807, 2.05) is 19.9 Å². The van der Waals surface area contributed by atoms with Crippen LogP contribution in [0.25, 0.3) is 0 Å². The van der Waals surface area contributed by atoms with Gasteiger partial charge in [-0.1, -0.05) is 31.6 Å². The van der Waals surface area contributed by atoms with Crippen LogP contribution in [-0.2, 0) is 38.1 Å². The van der Waals surface area contributed by atoms with Gasteiger partial charge in [0, 0.05) is 26.7 Å². The topological polar surface area (TPSA) is 105 Å². The van der Waals surface area contributed by atoms with Gasteiger partial charge in [-0.15, -0.1) is 0 Å². The molecule has 1 heterocycles. The van der Waals surface area contributed by atoms with E-state index in [0.717, 1.165) is 11.1 Å². The summed E-state index contributed by atoms with van der Waals surface area (Å²) in [7, 11) is 0. The number of esters is 4. The van der Waals surface area contributed by atoms with E-state index in [0.29, 0.717) is 25.7 Å². The number of ether oxygens (including phenoxy) is 4. The van der Waals surface area contributed by atoms with E-state index < -0.39 is 65.5 Å². The molecule has 188 valence electrons. The van der Waals surface area contributed by atoms with Crippen LogP contribution in [0.15, 0.2) is 23.8 Å². The molecule has 8 nitrogen and oxygen atoms in total. The molecular formula is C26H36O8. The van der Waals surface area contributed by atoms with Gasteiger partial charge in [0.1, 0.15) is 24.4 Å². The summed E-state index contributed by atoms with van der Waals surface area (Å²) in [6.07, 6.45) is 1.41. The molecule has 1 saturated carbocycles. The molecule has 0 bridgehead atoms. The van der Waals surface area contributed by atoms with Crippen LogP contribution in [0.2, 0.25) is 0 Å². The molecule has 0 aromatic rings. The first-order valence-corrected chi connectivity index (χ1v) is 11.9. The maximum absolute atomic E-state index is 12.7. The molecule has 3 rings (SSSR count). The van der Waals surface area contributed by atoms with Crippen molar-refractivity contribution < 1.29 is 38.1 Å². The lowest BCUT2D eigenvalue weighted by Gasteiger charge is -2.54. The molecule has 1 saturated heterocycles. The SMILES string of the molecule is C=C1CCC(OC(C)=O)[C@]2(C)[C@@H](OC(C)=O)CC/C(C)=C\[C@@H]3OC(=O)[C@H](C)C3[C@@H](OC(C)=O)[C@@H]12. The summed E-state index contributed by atoms with van der Waals surface area (Å²) in [5.41, 5.74) is 0.831. The van der Waals surface area contributed by atoms with Crippen LogP contribution in [-0.4, -0.2) is 48.3 Å². The smallest absolute Gasteiger partial charge is 0.309 e. The van der Waals surface area contributed by atoms with Crippen LogP contribution < -0.4 is 0 Å². The molecule has 0 aromatic heterocycles. The van der Waals surface area contributed by atoms with Crippen LogP contribution in [0.3, 0.4) is 0 Å². The monoisotopic (exact) mass is 476 g/mol. The Labute approximate surface area is 201 Å². The lowest BCUT2D eigenvalue weighted by atomic mass is 9.55. The molecule has 0 radical (unpaired) electrons. The molecule has 0 amide bonds. The van der Waals surface area contributed by atoms with Gasteiger partial charge in [-0.2, -0.15) is 0 Å². The Morgan fingerprint density at radius 3 is 2.06 bits per heavy atom. The van der Waals surface area contributed by atoms with Gasteiger partial charge in [0.15, 0.2) is 0 Å². The van der Waals surface area contributed by atoms with Crippen LogP contribution in [0.5, 0.6) is 0 Å². The molecule has 2 unspecified atom stereocenters. The fourth-order valence-corrected chi connectivity index (χ4v) is 6.16. The Morgan fingerprint density at radius 1 is 1.00 bits per heavy atom. The van der Waals surface area contributed by atoms with Gasteiger partial charge >= 0.3 is 23.9 Å². The van der Waals surface area contributed by atoms with E-state index in [9.17, 15) is 19.2 Å². The highest BCUT2D eigenvalue weighted by atomic mass is 16.6. The van der Waals surface area contributed by atoms with Crippen molar-refractivity contribution in [2.75, 3.05) is 0 Å². The second-order valence-corrected chi connectivity index (χ2v) is 10.1. The third-order valence-electron chi connectivity index (χ3n) is 7.68. The first-order chi connectivity index (χ1) is 15.9. The second kappa shape index (κ2) is 9.92. The molecule has 8 atom stereocenters. The zero-order valence-electron chi connectivity index (χ0n) is 20.9. The van der Waals surface area contributed by atoms with Gasteiger partial charge in [-0.25, -0.2) is 0 Å². The molecule has 8 heteroatoms. The van der Waals surface area contributed by atoms with E-state index in [1.54, 1.807) is 6.92 Å². The predicted molar refractivity (Wildman–Crippen MR) is 122 cm³/mol. The molecule has 0 spiro atoms. The van der Waals surface area contributed by atoms with E-state index >= 15 is 0 Å². The standard InChI is InChI=1S/C26H36O8/c1-13-8-10-20(31-16(4)27)26(7)21(32-17(5)28)11-9-14(2)23(26)24(33-18(6)29)22-15(3)25(30)34-19(22)12-13/h12,15,19-24H,2,8-11H2,1,3-7H3/b13-12-/t15-,19+,20+,21?,22?,23-,24-,26+/m1/s1. The Hall–Kier alpha value is -2.64. The highest BCUT2D eigenvalue weighted by Crippen LogP contribution is 2.55. The molecule has 0 aromatic carbocycles. The van der Waals surface area contributed by atoms with Crippen molar-refractivity contribution in [3.05, 3.63) is 23.8 Å². The number of hydrogen-bond donors (Lipinski definition) is 0. The molecule has 34 heavy (non-hydrogen) atoms. The minimum Gasteiger partial charge on any atom is -0.462 e. The maximum atomic E-state index is 12.7. The summed E-state index contributed by atoms with van der Waals surface area (Å²) in [6.45, 7) is 14.0. The number of carbonyl (C=O) groups is 4. The van der Waals surface area contributed by atoms with Gasteiger partial charge < -0.3 is 18.9 Å². The average Bonchev–Trinajstić information content (AvgIpc) is 2.98. The van der Waals surface area contributed by atoms with E-state index in [2.05, 4.69) is 6.58 Å². The van der Waals surface area contributed by atoms with Crippen molar-refractivity contribution in [1.29, 1.82) is 0 Å². The number of allylic oxidation sites excluding steroid dienone is 1. The van der Waals surface area contributed by atoms with Crippen molar-refractivity contribution in [2.45, 2.75) is 91.6 Å². The summed E-state index contributed by atoms with van der Waals surface area (Å²) in [5, 5.41) is 0. The van der Waals surface area contributed by atoms with Crippen LogP contribution in [0.1, 0.15) is 67.2 Å².